The molecule has 0 bridgehead atoms. The highest BCUT2D eigenvalue weighted by Gasteiger charge is 2.46. The molecule has 1 aliphatic heterocycles. The lowest BCUT2D eigenvalue weighted by molar-refractivity contribution is -0.153. The summed E-state index contributed by atoms with van der Waals surface area (Å²) in [6, 6.07) is 10.00. The first-order valence-corrected chi connectivity index (χ1v) is 9.85. The number of hydrogen-bond acceptors (Lipinski definition) is 4. The summed E-state index contributed by atoms with van der Waals surface area (Å²) < 4.78 is 5.19. The molecule has 146 valence electrons. The molecule has 1 aliphatic carbocycles. The van der Waals surface area contributed by atoms with Crippen molar-refractivity contribution < 1.29 is 19.1 Å². The maximum Gasteiger partial charge on any atom is 0.331 e. The molecule has 1 aromatic rings. The molecule has 0 spiro atoms. The van der Waals surface area contributed by atoms with E-state index in [9.17, 15) is 14.4 Å². The normalized spacial score (nSPS) is 21.3. The Balaban J connectivity index is 1.57. The van der Waals surface area contributed by atoms with E-state index in [4.69, 9.17) is 4.74 Å². The van der Waals surface area contributed by atoms with E-state index in [1.165, 1.54) is 5.56 Å². The maximum absolute atomic E-state index is 12.8. The van der Waals surface area contributed by atoms with E-state index in [1.807, 2.05) is 30.3 Å². The Kier molecular flexibility index (Phi) is 6.14. The van der Waals surface area contributed by atoms with Crippen LogP contribution in [0.4, 0.5) is 0 Å². The van der Waals surface area contributed by atoms with Crippen LogP contribution in [-0.4, -0.2) is 47.9 Å². The lowest BCUT2D eigenvalue weighted by Crippen LogP contribution is -2.55. The van der Waals surface area contributed by atoms with Crippen LogP contribution in [0.5, 0.6) is 0 Å². The summed E-state index contributed by atoms with van der Waals surface area (Å²) in [4.78, 5) is 39.2. The molecule has 2 fully saturated rings. The second-order valence-corrected chi connectivity index (χ2v) is 7.48. The minimum atomic E-state index is -0.909. The number of benzene rings is 1. The molecular weight excluding hydrogens is 344 g/mol. The van der Waals surface area contributed by atoms with Gasteiger partial charge in [-0.3, -0.25) is 9.59 Å². The van der Waals surface area contributed by atoms with Gasteiger partial charge in [0.05, 0.1) is 12.5 Å². The van der Waals surface area contributed by atoms with E-state index in [0.29, 0.717) is 32.5 Å². The molecule has 3 rings (SSSR count). The van der Waals surface area contributed by atoms with Crippen LogP contribution in [0, 0.1) is 5.92 Å². The van der Waals surface area contributed by atoms with Crippen molar-refractivity contribution in [3.8, 4) is 0 Å². The third kappa shape index (κ3) is 4.49. The van der Waals surface area contributed by atoms with Crippen LogP contribution >= 0.6 is 0 Å². The van der Waals surface area contributed by atoms with E-state index < -0.39 is 11.5 Å². The number of carbonyl (C=O) groups is 3. The van der Waals surface area contributed by atoms with Crippen LogP contribution in [0.15, 0.2) is 30.3 Å². The number of rotatable bonds is 7. The summed E-state index contributed by atoms with van der Waals surface area (Å²) >= 11 is 0. The predicted molar refractivity (Wildman–Crippen MR) is 101 cm³/mol. The van der Waals surface area contributed by atoms with Crippen molar-refractivity contribution in [2.75, 3.05) is 19.7 Å². The number of ether oxygens (including phenoxy) is 1. The first kappa shape index (κ1) is 19.4. The van der Waals surface area contributed by atoms with Gasteiger partial charge >= 0.3 is 5.97 Å². The molecule has 1 saturated carbocycles. The van der Waals surface area contributed by atoms with Gasteiger partial charge in [-0.1, -0.05) is 43.2 Å². The van der Waals surface area contributed by atoms with Crippen molar-refractivity contribution in [3.63, 3.8) is 0 Å². The zero-order valence-corrected chi connectivity index (χ0v) is 15.9. The zero-order valence-electron chi connectivity index (χ0n) is 15.9. The summed E-state index contributed by atoms with van der Waals surface area (Å²) in [5.74, 6) is -0.954. The van der Waals surface area contributed by atoms with Crippen molar-refractivity contribution in [1.29, 1.82) is 0 Å². The van der Waals surface area contributed by atoms with Crippen molar-refractivity contribution in [1.82, 2.24) is 10.2 Å². The molecule has 1 N–H and O–H groups in total. The summed E-state index contributed by atoms with van der Waals surface area (Å²) in [5.41, 5.74) is 0.263. The molecule has 6 heteroatoms. The molecule has 1 unspecified atom stereocenters. The van der Waals surface area contributed by atoms with E-state index in [0.717, 1.165) is 19.3 Å². The Morgan fingerprint density at radius 3 is 2.59 bits per heavy atom. The van der Waals surface area contributed by atoms with Crippen LogP contribution in [0.1, 0.15) is 44.6 Å². The van der Waals surface area contributed by atoms with E-state index in [-0.39, 0.29) is 24.2 Å². The third-order valence-corrected chi connectivity index (χ3v) is 5.58. The SMILES string of the molecule is CCOC(=O)C1(NC(=O)C2CC(=O)N(CCc3ccccc3)C2)CCCC1. The lowest BCUT2D eigenvalue weighted by Gasteiger charge is -2.29. The van der Waals surface area contributed by atoms with E-state index in [1.54, 1.807) is 11.8 Å². The monoisotopic (exact) mass is 372 g/mol. The fourth-order valence-corrected chi connectivity index (χ4v) is 4.04. The molecule has 0 radical (unpaired) electrons. The van der Waals surface area contributed by atoms with Gasteiger partial charge in [-0.25, -0.2) is 4.79 Å². The van der Waals surface area contributed by atoms with E-state index >= 15 is 0 Å². The standard InChI is InChI=1S/C21H28N2O4/c1-2-27-20(26)21(11-6-7-12-21)22-19(25)17-14-18(24)23(15-17)13-10-16-8-4-3-5-9-16/h3-5,8-9,17H,2,6-7,10-15H2,1H3,(H,22,25). The van der Waals surface area contributed by atoms with Gasteiger partial charge in [0.1, 0.15) is 5.54 Å². The summed E-state index contributed by atoms with van der Waals surface area (Å²) in [7, 11) is 0. The van der Waals surface area contributed by atoms with Gasteiger partial charge in [0.2, 0.25) is 11.8 Å². The van der Waals surface area contributed by atoms with Crippen molar-refractivity contribution in [2.45, 2.75) is 51.0 Å². The summed E-state index contributed by atoms with van der Waals surface area (Å²) in [5, 5.41) is 2.94. The minimum absolute atomic E-state index is 0.00249. The quantitative estimate of drug-likeness (QED) is 0.744. The van der Waals surface area contributed by atoms with Gasteiger partial charge in [0.25, 0.3) is 0 Å². The third-order valence-electron chi connectivity index (χ3n) is 5.58. The maximum atomic E-state index is 12.8. The molecule has 27 heavy (non-hydrogen) atoms. The molecule has 1 saturated heterocycles. The molecular formula is C21H28N2O4. The number of esters is 1. The predicted octanol–water partition coefficient (Wildman–Crippen LogP) is 2.07. The van der Waals surface area contributed by atoms with Gasteiger partial charge in [-0.15, -0.1) is 0 Å². The van der Waals surface area contributed by atoms with Gasteiger partial charge < -0.3 is 15.0 Å². The highest BCUT2D eigenvalue weighted by Crippen LogP contribution is 2.32. The lowest BCUT2D eigenvalue weighted by atomic mass is 9.95. The topological polar surface area (TPSA) is 75.7 Å². The summed E-state index contributed by atoms with van der Waals surface area (Å²) in [6.07, 6.45) is 3.98. The number of nitrogens with one attached hydrogen (secondary N) is 1. The molecule has 2 amide bonds. The second kappa shape index (κ2) is 8.55. The Morgan fingerprint density at radius 1 is 1.22 bits per heavy atom. The Bertz CT molecular complexity index is 683. The molecule has 1 atom stereocenters. The molecule has 1 heterocycles. The van der Waals surface area contributed by atoms with Crippen molar-refractivity contribution in [2.24, 2.45) is 5.92 Å². The van der Waals surface area contributed by atoms with Gasteiger partial charge in [0.15, 0.2) is 0 Å². The fraction of sp³-hybridized carbons (Fsp3) is 0.571. The fourth-order valence-electron chi connectivity index (χ4n) is 4.04. The average Bonchev–Trinajstić information content (AvgIpc) is 3.29. The second-order valence-electron chi connectivity index (χ2n) is 7.48. The van der Waals surface area contributed by atoms with E-state index in [2.05, 4.69) is 5.32 Å². The number of nitrogens with zero attached hydrogens (tertiary/aromatic N) is 1. The van der Waals surface area contributed by atoms with Crippen molar-refractivity contribution in [3.05, 3.63) is 35.9 Å². The molecule has 6 nitrogen and oxygen atoms in total. The minimum Gasteiger partial charge on any atom is -0.464 e. The van der Waals surface area contributed by atoms with Gasteiger partial charge in [-0.2, -0.15) is 0 Å². The first-order chi connectivity index (χ1) is 13.0. The van der Waals surface area contributed by atoms with Crippen molar-refractivity contribution >= 4 is 17.8 Å². The van der Waals surface area contributed by atoms with Crippen LogP contribution < -0.4 is 5.32 Å². The summed E-state index contributed by atoms with van der Waals surface area (Å²) in [6.45, 7) is 3.08. The van der Waals surface area contributed by atoms with Crippen LogP contribution in [-0.2, 0) is 25.5 Å². The molecule has 2 aliphatic rings. The van der Waals surface area contributed by atoms with Crippen LogP contribution in [0.2, 0.25) is 0 Å². The van der Waals surface area contributed by atoms with Crippen LogP contribution in [0.25, 0.3) is 0 Å². The average molecular weight is 372 g/mol. The number of hydrogen-bond donors (Lipinski definition) is 1. The first-order valence-electron chi connectivity index (χ1n) is 9.85. The number of carbonyl (C=O) groups excluding carboxylic acids is 3. The van der Waals surface area contributed by atoms with Crippen LogP contribution in [0.3, 0.4) is 0 Å². The zero-order chi connectivity index (χ0) is 19.3. The largest absolute Gasteiger partial charge is 0.464 e. The number of amides is 2. The van der Waals surface area contributed by atoms with Gasteiger partial charge in [-0.05, 0) is 31.7 Å². The molecule has 0 aromatic heterocycles. The highest BCUT2D eigenvalue weighted by atomic mass is 16.5. The smallest absolute Gasteiger partial charge is 0.331 e. The molecule has 1 aromatic carbocycles. The Hall–Kier alpha value is -2.37. The highest BCUT2D eigenvalue weighted by molar-refractivity contribution is 5.93. The van der Waals surface area contributed by atoms with Gasteiger partial charge in [0, 0.05) is 19.5 Å². The Morgan fingerprint density at radius 2 is 1.93 bits per heavy atom. The number of likely N-dealkylation sites (tertiary alicyclic amines) is 1. The Labute approximate surface area is 160 Å².